The van der Waals surface area contributed by atoms with Gasteiger partial charge in [-0.25, -0.2) is 4.79 Å². The number of ether oxygens (including phenoxy) is 1. The molecule has 0 radical (unpaired) electrons. The van der Waals surface area contributed by atoms with Crippen LogP contribution in [0.15, 0.2) is 29.2 Å². The first-order chi connectivity index (χ1) is 5.72. The Morgan fingerprint density at radius 3 is 2.92 bits per heavy atom. The molecule has 0 saturated carbocycles. The smallest absolute Gasteiger partial charge is 0.371 e. The first-order valence-electron chi connectivity index (χ1n) is 3.24. The summed E-state index contributed by atoms with van der Waals surface area (Å²) in [4.78, 5) is 11.6. The van der Waals surface area contributed by atoms with Gasteiger partial charge in [0.25, 0.3) is 0 Å². The van der Waals surface area contributed by atoms with E-state index in [1.807, 2.05) is 0 Å². The lowest BCUT2D eigenvalue weighted by molar-refractivity contribution is 0.200. The van der Waals surface area contributed by atoms with Gasteiger partial charge in [0.15, 0.2) is 0 Å². The van der Waals surface area contributed by atoms with Crippen molar-refractivity contribution < 1.29 is 9.53 Å². The molecule has 0 bridgehead atoms. The molecule has 0 aliphatic carbocycles. The summed E-state index contributed by atoms with van der Waals surface area (Å²) in [5.74, 6) is 0. The highest BCUT2D eigenvalue weighted by Gasteiger charge is 2.02. The number of methoxy groups -OCH3 is 1. The minimum atomic E-state index is -0.336. The van der Waals surface area contributed by atoms with Crippen molar-refractivity contribution in [1.29, 1.82) is 0 Å². The Kier molecular flexibility index (Phi) is 3.44. The quantitative estimate of drug-likeness (QED) is 0.517. The van der Waals surface area contributed by atoms with Crippen LogP contribution in [-0.2, 0) is 4.74 Å². The molecule has 2 nitrogen and oxygen atoms in total. The van der Waals surface area contributed by atoms with E-state index in [0.29, 0.717) is 5.02 Å². The molecule has 1 aromatic carbocycles. The molecule has 0 amide bonds. The fourth-order valence-corrected chi connectivity index (χ4v) is 1.53. The maximum absolute atomic E-state index is 10.8. The van der Waals surface area contributed by atoms with E-state index >= 15 is 0 Å². The highest BCUT2D eigenvalue weighted by atomic mass is 35.5. The van der Waals surface area contributed by atoms with Crippen molar-refractivity contribution in [3.8, 4) is 0 Å². The second-order valence-electron chi connectivity index (χ2n) is 2.01. The molecule has 0 aliphatic rings. The number of rotatable bonds is 1. The zero-order valence-corrected chi connectivity index (χ0v) is 7.98. The monoisotopic (exact) mass is 202 g/mol. The van der Waals surface area contributed by atoms with Gasteiger partial charge in [0.2, 0.25) is 0 Å². The van der Waals surface area contributed by atoms with E-state index in [0.717, 1.165) is 16.7 Å². The maximum Gasteiger partial charge on any atom is 0.371 e. The predicted octanol–water partition coefficient (Wildman–Crippen LogP) is 3.20. The summed E-state index contributed by atoms with van der Waals surface area (Å²) in [5.41, 5.74) is 0. The van der Waals surface area contributed by atoms with Crippen LogP contribution >= 0.6 is 23.4 Å². The number of hydrogen-bond donors (Lipinski definition) is 0. The third kappa shape index (κ3) is 2.75. The van der Waals surface area contributed by atoms with Crippen LogP contribution < -0.4 is 0 Å². The Hall–Kier alpha value is -0.670. The summed E-state index contributed by atoms with van der Waals surface area (Å²) < 4.78 is 4.47. The fraction of sp³-hybridized carbons (Fsp3) is 0.125. The van der Waals surface area contributed by atoms with Crippen LogP contribution in [0.5, 0.6) is 0 Å². The average molecular weight is 203 g/mol. The molecular weight excluding hydrogens is 196 g/mol. The van der Waals surface area contributed by atoms with E-state index in [4.69, 9.17) is 11.6 Å². The van der Waals surface area contributed by atoms with E-state index in [1.54, 1.807) is 24.3 Å². The van der Waals surface area contributed by atoms with Crippen LogP contribution in [0.25, 0.3) is 0 Å². The Bertz CT molecular complexity index is 288. The minimum Gasteiger partial charge on any atom is -0.461 e. The Morgan fingerprint density at radius 1 is 1.58 bits per heavy atom. The molecule has 0 aliphatic heterocycles. The topological polar surface area (TPSA) is 26.3 Å². The molecule has 4 heteroatoms. The molecule has 0 unspecified atom stereocenters. The predicted molar refractivity (Wildman–Crippen MR) is 49.7 cm³/mol. The van der Waals surface area contributed by atoms with Crippen LogP contribution in [0.2, 0.25) is 5.02 Å². The average Bonchev–Trinajstić information content (AvgIpc) is 2.04. The third-order valence-electron chi connectivity index (χ3n) is 1.16. The maximum atomic E-state index is 10.8. The fourth-order valence-electron chi connectivity index (χ4n) is 0.668. The number of hydrogen-bond acceptors (Lipinski definition) is 3. The second-order valence-corrected chi connectivity index (χ2v) is 3.46. The van der Waals surface area contributed by atoms with E-state index in [9.17, 15) is 4.79 Å². The normalized spacial score (nSPS) is 9.50. The van der Waals surface area contributed by atoms with Crippen molar-refractivity contribution in [3.63, 3.8) is 0 Å². The minimum absolute atomic E-state index is 0.336. The molecule has 0 saturated heterocycles. The van der Waals surface area contributed by atoms with Gasteiger partial charge >= 0.3 is 5.30 Å². The lowest BCUT2D eigenvalue weighted by Gasteiger charge is -1.98. The Morgan fingerprint density at radius 2 is 2.33 bits per heavy atom. The summed E-state index contributed by atoms with van der Waals surface area (Å²) >= 11 is 6.72. The van der Waals surface area contributed by atoms with Gasteiger partial charge in [0.05, 0.1) is 7.11 Å². The number of carbonyl (C=O) groups is 1. The molecule has 12 heavy (non-hydrogen) atoms. The van der Waals surface area contributed by atoms with Gasteiger partial charge in [-0.05, 0) is 30.0 Å². The van der Waals surface area contributed by atoms with E-state index in [2.05, 4.69) is 4.74 Å². The third-order valence-corrected chi connectivity index (χ3v) is 2.22. The van der Waals surface area contributed by atoms with Crippen molar-refractivity contribution in [2.75, 3.05) is 7.11 Å². The van der Waals surface area contributed by atoms with Crippen molar-refractivity contribution in [2.24, 2.45) is 0 Å². The van der Waals surface area contributed by atoms with Gasteiger partial charge in [-0.3, -0.25) is 0 Å². The molecule has 1 rings (SSSR count). The zero-order valence-electron chi connectivity index (χ0n) is 6.41. The van der Waals surface area contributed by atoms with Gasteiger partial charge in [0.1, 0.15) is 0 Å². The number of benzene rings is 1. The number of halogens is 1. The van der Waals surface area contributed by atoms with Crippen LogP contribution in [0.4, 0.5) is 4.79 Å². The van der Waals surface area contributed by atoms with Gasteiger partial charge in [-0.15, -0.1) is 0 Å². The molecule has 0 heterocycles. The summed E-state index contributed by atoms with van der Waals surface area (Å²) in [7, 11) is 1.35. The van der Waals surface area contributed by atoms with E-state index < -0.39 is 0 Å². The first kappa shape index (κ1) is 9.42. The lowest BCUT2D eigenvalue weighted by atomic mass is 10.4. The van der Waals surface area contributed by atoms with Crippen LogP contribution in [-0.4, -0.2) is 12.4 Å². The standard InChI is InChI=1S/C8H7ClO2S/c1-11-8(10)12-7-4-2-3-6(9)5-7/h2-5H,1H3. The van der Waals surface area contributed by atoms with Crippen LogP contribution in [0, 0.1) is 0 Å². The first-order valence-corrected chi connectivity index (χ1v) is 4.43. The summed E-state index contributed by atoms with van der Waals surface area (Å²) in [6.07, 6.45) is 0. The number of thioether (sulfide) groups is 1. The van der Waals surface area contributed by atoms with Crippen molar-refractivity contribution >= 4 is 28.7 Å². The van der Waals surface area contributed by atoms with Gasteiger partial charge in [-0.2, -0.15) is 0 Å². The van der Waals surface area contributed by atoms with Gasteiger partial charge in [-0.1, -0.05) is 17.7 Å². The SMILES string of the molecule is COC(=O)Sc1cccc(Cl)c1. The molecular formula is C8H7ClO2S. The molecule has 0 spiro atoms. The Labute approximate surface area is 79.9 Å². The molecule has 0 aromatic heterocycles. The molecule has 0 atom stereocenters. The second kappa shape index (κ2) is 4.38. The van der Waals surface area contributed by atoms with Crippen molar-refractivity contribution in [2.45, 2.75) is 4.90 Å². The lowest BCUT2D eigenvalue weighted by Crippen LogP contribution is -1.89. The molecule has 0 N–H and O–H groups in total. The summed E-state index contributed by atoms with van der Waals surface area (Å²) in [5, 5.41) is 0.279. The van der Waals surface area contributed by atoms with Gasteiger partial charge < -0.3 is 4.74 Å². The number of carbonyl (C=O) groups excluding carboxylic acids is 1. The van der Waals surface area contributed by atoms with Crippen molar-refractivity contribution in [1.82, 2.24) is 0 Å². The van der Waals surface area contributed by atoms with E-state index in [-0.39, 0.29) is 5.30 Å². The van der Waals surface area contributed by atoms with E-state index in [1.165, 1.54) is 7.11 Å². The van der Waals surface area contributed by atoms with Gasteiger partial charge in [0, 0.05) is 9.92 Å². The zero-order chi connectivity index (χ0) is 8.97. The Balaban J connectivity index is 2.69. The molecule has 1 aromatic rings. The summed E-state index contributed by atoms with van der Waals surface area (Å²) in [6, 6.07) is 7.05. The van der Waals surface area contributed by atoms with Crippen molar-refractivity contribution in [3.05, 3.63) is 29.3 Å². The highest BCUT2D eigenvalue weighted by Crippen LogP contribution is 2.22. The summed E-state index contributed by atoms with van der Waals surface area (Å²) in [6.45, 7) is 0. The van der Waals surface area contributed by atoms with Crippen LogP contribution in [0.1, 0.15) is 0 Å². The molecule has 0 fully saturated rings. The van der Waals surface area contributed by atoms with Crippen LogP contribution in [0.3, 0.4) is 0 Å². The molecule has 64 valence electrons. The largest absolute Gasteiger partial charge is 0.461 e. The highest BCUT2D eigenvalue weighted by molar-refractivity contribution is 8.13.